The van der Waals surface area contributed by atoms with Crippen LogP contribution in [-0.4, -0.2) is 32.6 Å². The fraction of sp³-hybridized carbons (Fsp3) is 0.273. The Labute approximate surface area is 198 Å². The fourth-order valence-electron chi connectivity index (χ4n) is 2.99. The Morgan fingerprint density at radius 1 is 1.09 bits per heavy atom. The number of carbonyl (C=O) groups excluding carboxylic acids is 2. The van der Waals surface area contributed by atoms with E-state index >= 15 is 0 Å². The number of esters is 1. The summed E-state index contributed by atoms with van der Waals surface area (Å²) in [5.41, 5.74) is 0.724. The monoisotopic (exact) mass is 551 g/mol. The van der Waals surface area contributed by atoms with Crippen molar-refractivity contribution in [3.05, 3.63) is 60.2 Å². The third kappa shape index (κ3) is 6.02. The van der Waals surface area contributed by atoms with Gasteiger partial charge in [0.1, 0.15) is 22.3 Å². The topological polar surface area (TPSA) is 105 Å². The van der Waals surface area contributed by atoms with E-state index in [0.29, 0.717) is 17.2 Å². The van der Waals surface area contributed by atoms with Crippen molar-refractivity contribution in [2.75, 3.05) is 15.2 Å². The molecule has 0 saturated heterocycles. The summed E-state index contributed by atoms with van der Waals surface area (Å²) in [6, 6.07) is 12.0. The molecule has 0 saturated carbocycles. The highest BCUT2D eigenvalue weighted by atomic mass is 127. The van der Waals surface area contributed by atoms with E-state index in [0.717, 1.165) is 5.39 Å². The number of halogens is 2. The van der Waals surface area contributed by atoms with Gasteiger partial charge < -0.3 is 20.7 Å². The number of hydrogen-bond donors (Lipinski definition) is 3. The first-order valence-electron chi connectivity index (χ1n) is 9.93. The maximum Gasteiger partial charge on any atom is 0.329 e. The van der Waals surface area contributed by atoms with Gasteiger partial charge in [-0.15, -0.1) is 0 Å². The smallest absolute Gasteiger partial charge is 0.329 e. The van der Waals surface area contributed by atoms with Crippen LogP contribution in [0.3, 0.4) is 0 Å². The lowest BCUT2D eigenvalue weighted by atomic mass is 10.0. The molecule has 0 aliphatic heterocycles. The molecule has 0 aliphatic carbocycles. The Bertz CT molecular complexity index is 1110. The van der Waals surface area contributed by atoms with Crippen LogP contribution in [0.1, 0.15) is 19.7 Å². The molecule has 0 radical (unpaired) electrons. The van der Waals surface area contributed by atoms with Crippen LogP contribution in [0.25, 0.3) is 10.9 Å². The quantitative estimate of drug-likeness (QED) is 0.217. The lowest BCUT2D eigenvalue weighted by molar-refractivity contribution is -0.142. The summed E-state index contributed by atoms with van der Waals surface area (Å²) in [6.45, 7) is 3.82. The summed E-state index contributed by atoms with van der Waals surface area (Å²) < 4.78 is 19.2. The molecule has 3 aromatic rings. The molecule has 32 heavy (non-hydrogen) atoms. The molecular weight excluding hydrogens is 528 g/mol. The highest BCUT2D eigenvalue weighted by molar-refractivity contribution is 14.1. The Hall–Kier alpha value is -3.02. The second-order valence-electron chi connectivity index (χ2n) is 7.23. The first-order chi connectivity index (χ1) is 15.4. The van der Waals surface area contributed by atoms with Gasteiger partial charge in [0.15, 0.2) is 5.82 Å². The lowest BCUT2D eigenvalue weighted by Gasteiger charge is -2.22. The number of nitrogens with zero attached hydrogens (tertiary/aromatic N) is 2. The Morgan fingerprint density at radius 2 is 1.81 bits per heavy atom. The number of rotatable bonds is 8. The van der Waals surface area contributed by atoms with Gasteiger partial charge in [0, 0.05) is 5.39 Å². The molecular formula is C22H23FIN5O3. The number of fused-ring (bicyclic) bond motifs is 1. The largest absolute Gasteiger partial charge is 0.453 e. The zero-order chi connectivity index (χ0) is 23.1. The number of nitrogens with one attached hydrogen (secondary N) is 3. The maximum absolute atomic E-state index is 13.7. The third-order valence-electron chi connectivity index (χ3n) is 4.59. The molecule has 0 spiro atoms. The molecule has 168 valence electrons. The highest BCUT2D eigenvalue weighted by Crippen LogP contribution is 2.23. The number of aromatic nitrogens is 2. The van der Waals surface area contributed by atoms with E-state index in [9.17, 15) is 14.0 Å². The average molecular weight is 551 g/mol. The van der Waals surface area contributed by atoms with Crippen LogP contribution >= 0.6 is 22.6 Å². The number of para-hydroxylation sites is 2. The van der Waals surface area contributed by atoms with E-state index in [1.54, 1.807) is 6.07 Å². The van der Waals surface area contributed by atoms with Crippen molar-refractivity contribution in [2.45, 2.75) is 26.4 Å². The van der Waals surface area contributed by atoms with Crippen LogP contribution < -0.4 is 16.0 Å². The predicted molar refractivity (Wildman–Crippen MR) is 129 cm³/mol. The highest BCUT2D eigenvalue weighted by Gasteiger charge is 2.25. The Kier molecular flexibility index (Phi) is 8.14. The molecule has 3 rings (SSSR count). The normalized spacial score (nSPS) is 11.8. The molecule has 0 fully saturated rings. The van der Waals surface area contributed by atoms with Crippen LogP contribution in [0.4, 0.5) is 20.7 Å². The molecule has 8 nitrogen and oxygen atoms in total. The maximum atomic E-state index is 13.7. The summed E-state index contributed by atoms with van der Waals surface area (Å²) in [6.07, 6.45) is 0. The summed E-state index contributed by atoms with van der Waals surface area (Å²) >= 11 is 1.97. The van der Waals surface area contributed by atoms with Crippen molar-refractivity contribution >= 4 is 57.0 Å². The zero-order valence-electron chi connectivity index (χ0n) is 17.6. The van der Waals surface area contributed by atoms with Crippen molar-refractivity contribution < 1.29 is 18.7 Å². The van der Waals surface area contributed by atoms with Gasteiger partial charge in [-0.3, -0.25) is 0 Å². The van der Waals surface area contributed by atoms with Crippen molar-refractivity contribution in [3.8, 4) is 0 Å². The van der Waals surface area contributed by atoms with Gasteiger partial charge in [-0.2, -0.15) is 0 Å². The van der Waals surface area contributed by atoms with E-state index in [-0.39, 0.29) is 28.7 Å². The van der Waals surface area contributed by atoms with Crippen molar-refractivity contribution in [3.63, 3.8) is 0 Å². The van der Waals surface area contributed by atoms with Crippen molar-refractivity contribution in [1.29, 1.82) is 0 Å². The van der Waals surface area contributed by atoms with Gasteiger partial charge in [0.2, 0.25) is 0 Å². The van der Waals surface area contributed by atoms with E-state index in [1.165, 1.54) is 18.2 Å². The standard InChI is InChI=1S/C22H23FIN5O3/c1-13(2)19(21(30)32-12-24)29-20-14-7-3-5-9-16(14)26-18(28-20)11-25-22(31)27-17-10-6-4-8-15(17)23/h3-10,13,19H,11-12H2,1-2H3,(H2,25,27,31)(H,26,28,29)/t19-/m0/s1. The van der Waals surface area contributed by atoms with Gasteiger partial charge in [-0.1, -0.05) is 38.1 Å². The van der Waals surface area contributed by atoms with E-state index in [2.05, 4.69) is 25.9 Å². The summed E-state index contributed by atoms with van der Waals surface area (Å²) in [4.78, 5) is 33.6. The number of benzene rings is 2. The van der Waals surface area contributed by atoms with Gasteiger partial charge >= 0.3 is 12.0 Å². The Balaban J connectivity index is 1.80. The van der Waals surface area contributed by atoms with E-state index in [4.69, 9.17) is 4.74 Å². The van der Waals surface area contributed by atoms with E-state index < -0.39 is 17.9 Å². The van der Waals surface area contributed by atoms with Gasteiger partial charge in [0.25, 0.3) is 0 Å². The molecule has 10 heteroatoms. The van der Waals surface area contributed by atoms with Gasteiger partial charge in [0.05, 0.1) is 17.7 Å². The van der Waals surface area contributed by atoms with Crippen molar-refractivity contribution in [1.82, 2.24) is 15.3 Å². The van der Waals surface area contributed by atoms with Crippen LogP contribution in [0.15, 0.2) is 48.5 Å². The third-order valence-corrected chi connectivity index (χ3v) is 4.90. The molecule has 1 aromatic heterocycles. The lowest BCUT2D eigenvalue weighted by Crippen LogP contribution is -2.36. The summed E-state index contributed by atoms with van der Waals surface area (Å²) in [7, 11) is 0. The Morgan fingerprint density at radius 3 is 2.53 bits per heavy atom. The molecule has 0 unspecified atom stereocenters. The minimum absolute atomic E-state index is 0.00431. The minimum Gasteiger partial charge on any atom is -0.453 e. The number of alkyl halides is 1. The van der Waals surface area contributed by atoms with Gasteiger partial charge in [-0.25, -0.2) is 23.9 Å². The van der Waals surface area contributed by atoms with Crippen LogP contribution in [0, 0.1) is 11.7 Å². The molecule has 3 N–H and O–H groups in total. The fourth-order valence-corrected chi connectivity index (χ4v) is 3.30. The number of urea groups is 1. The number of carbonyl (C=O) groups is 2. The van der Waals surface area contributed by atoms with Crippen LogP contribution in [0.5, 0.6) is 0 Å². The number of amides is 2. The molecule has 1 atom stereocenters. The number of hydrogen-bond acceptors (Lipinski definition) is 6. The molecule has 0 aliphatic rings. The van der Waals surface area contributed by atoms with Gasteiger partial charge in [-0.05, 0) is 52.8 Å². The predicted octanol–water partition coefficient (Wildman–Crippen LogP) is 4.46. The average Bonchev–Trinajstić information content (AvgIpc) is 2.77. The number of ether oxygens (including phenoxy) is 1. The second-order valence-corrected chi connectivity index (χ2v) is 7.85. The zero-order valence-corrected chi connectivity index (χ0v) is 19.7. The SMILES string of the molecule is CC(C)[C@H](Nc1nc(CNC(=O)Nc2ccccc2F)nc2ccccc12)C(=O)OCI. The number of anilines is 2. The minimum atomic E-state index is -0.603. The molecule has 0 bridgehead atoms. The first kappa shape index (κ1) is 23.6. The summed E-state index contributed by atoms with van der Waals surface area (Å²) in [5, 5.41) is 8.98. The molecule has 1 heterocycles. The van der Waals surface area contributed by atoms with Crippen molar-refractivity contribution in [2.24, 2.45) is 5.92 Å². The first-order valence-corrected chi connectivity index (χ1v) is 11.5. The second kappa shape index (κ2) is 11.0. The summed E-state index contributed by atoms with van der Waals surface area (Å²) in [5.74, 6) is -0.159. The van der Waals surface area contributed by atoms with Crippen LogP contribution in [-0.2, 0) is 16.1 Å². The van der Waals surface area contributed by atoms with Crippen LogP contribution in [0.2, 0.25) is 0 Å². The van der Waals surface area contributed by atoms with E-state index in [1.807, 2.05) is 60.7 Å². The molecule has 2 amide bonds. The molecule has 2 aromatic carbocycles.